The van der Waals surface area contributed by atoms with Crippen molar-refractivity contribution in [2.45, 2.75) is 426 Å². The van der Waals surface area contributed by atoms with E-state index in [1.807, 2.05) is 0 Å². The minimum Gasteiger partial charge on any atom is -0.462 e. The summed E-state index contributed by atoms with van der Waals surface area (Å²) in [6.45, 7) is 9.64. The summed E-state index contributed by atoms with van der Waals surface area (Å²) in [4.78, 5) is 72.9. The second kappa shape index (κ2) is 69.8. The number of rotatable bonds is 77. The number of aliphatic hydroxyl groups excluding tert-OH is 1. The van der Waals surface area contributed by atoms with Gasteiger partial charge in [0.25, 0.3) is 0 Å². The van der Waals surface area contributed by atoms with E-state index in [0.717, 1.165) is 102 Å². The van der Waals surface area contributed by atoms with Crippen molar-refractivity contribution in [2.75, 3.05) is 39.6 Å². The first-order valence-electron chi connectivity index (χ1n) is 40.5. The van der Waals surface area contributed by atoms with Crippen LogP contribution in [0.2, 0.25) is 0 Å². The van der Waals surface area contributed by atoms with E-state index in [9.17, 15) is 43.2 Å². The van der Waals surface area contributed by atoms with Crippen molar-refractivity contribution >= 4 is 39.5 Å². The van der Waals surface area contributed by atoms with Crippen LogP contribution < -0.4 is 0 Å². The van der Waals surface area contributed by atoms with Gasteiger partial charge in [0.05, 0.1) is 26.4 Å². The molecule has 0 aliphatic carbocycles. The predicted octanol–water partition coefficient (Wildman–Crippen LogP) is 23.1. The molecule has 0 aliphatic heterocycles. The molecule has 0 aromatic carbocycles. The first-order valence-corrected chi connectivity index (χ1v) is 43.5. The second-order valence-corrected chi connectivity index (χ2v) is 32.0. The molecule has 0 heterocycles. The molecule has 0 saturated heterocycles. The van der Waals surface area contributed by atoms with Gasteiger partial charge in [-0.3, -0.25) is 37.3 Å². The van der Waals surface area contributed by atoms with Gasteiger partial charge in [0, 0.05) is 25.7 Å². The molecule has 19 heteroatoms. The van der Waals surface area contributed by atoms with Crippen LogP contribution in [-0.4, -0.2) is 96.7 Å². The molecule has 0 rings (SSSR count). The summed E-state index contributed by atoms with van der Waals surface area (Å²) in [5.74, 6) is -0.558. The fourth-order valence-corrected chi connectivity index (χ4v) is 13.6. The number of ether oxygens (including phenoxy) is 4. The largest absolute Gasteiger partial charge is 0.472 e. The van der Waals surface area contributed by atoms with Crippen LogP contribution in [0.4, 0.5) is 0 Å². The van der Waals surface area contributed by atoms with Gasteiger partial charge in [0.2, 0.25) is 0 Å². The summed E-state index contributed by atoms with van der Waals surface area (Å²) in [7, 11) is -9.92. The fraction of sp³-hybridized carbons (Fsp3) is 0.949. The monoisotopic (exact) mass is 1420 g/mol. The Morgan fingerprint density at radius 3 is 0.701 bits per heavy atom. The zero-order chi connectivity index (χ0) is 71.4. The third-order valence-electron chi connectivity index (χ3n) is 18.2. The van der Waals surface area contributed by atoms with Crippen LogP contribution in [0.15, 0.2) is 0 Å². The second-order valence-electron chi connectivity index (χ2n) is 29.1. The van der Waals surface area contributed by atoms with Gasteiger partial charge >= 0.3 is 39.5 Å². The van der Waals surface area contributed by atoms with Crippen LogP contribution in [0, 0.1) is 11.8 Å². The Bertz CT molecular complexity index is 1870. The van der Waals surface area contributed by atoms with Crippen LogP contribution in [0.1, 0.15) is 408 Å². The molecule has 97 heavy (non-hydrogen) atoms. The van der Waals surface area contributed by atoms with E-state index in [0.29, 0.717) is 25.7 Å². The molecule has 2 unspecified atom stereocenters. The summed E-state index contributed by atoms with van der Waals surface area (Å²) in [5.41, 5.74) is 0. The molecule has 0 aliphatic rings. The number of phosphoric acid groups is 2. The van der Waals surface area contributed by atoms with Crippen LogP contribution >= 0.6 is 15.6 Å². The lowest BCUT2D eigenvalue weighted by atomic mass is 10.0. The molecule has 576 valence electrons. The normalized spacial score (nSPS) is 14.0. The van der Waals surface area contributed by atoms with E-state index in [1.165, 1.54) is 225 Å². The van der Waals surface area contributed by atoms with Gasteiger partial charge in [-0.2, -0.15) is 0 Å². The van der Waals surface area contributed by atoms with E-state index in [1.54, 1.807) is 0 Å². The maximum atomic E-state index is 13.1. The molecule has 5 atom stereocenters. The summed E-state index contributed by atoms with van der Waals surface area (Å²) in [5, 5.41) is 10.6. The number of phosphoric ester groups is 2. The minimum atomic E-state index is -4.96. The highest BCUT2D eigenvalue weighted by Gasteiger charge is 2.30. The molecule has 3 N–H and O–H groups in total. The Morgan fingerprint density at radius 2 is 0.474 bits per heavy atom. The Balaban J connectivity index is 5.27. The van der Waals surface area contributed by atoms with E-state index in [4.69, 9.17) is 37.0 Å². The standard InChI is InChI=1S/C78H152O17P2/c1-7-9-11-13-15-17-19-21-22-25-31-37-43-49-55-61-76(81)89-67-73(94-77(82)62-56-50-44-38-32-26-23-24-28-34-40-46-52-58-70(3)4)68-92-96(84,85)90-64-72(79)65-91-97(86,87)93-69-74(66-88-75(80)60-54-48-42-36-30-20-18-16-14-12-10-8-2)95-78(83)63-57-51-45-39-33-27-29-35-41-47-53-59-71(5)6/h70-74,79H,7-69H2,1-6H3,(H,84,85)(H,86,87)/t72-,73-,74-/m1/s1. The molecule has 0 amide bonds. The lowest BCUT2D eigenvalue weighted by molar-refractivity contribution is -0.161. The number of hydrogen-bond acceptors (Lipinski definition) is 15. The van der Waals surface area contributed by atoms with E-state index in [2.05, 4.69) is 41.5 Å². The number of unbranched alkanes of at least 4 members (excludes halogenated alkanes) is 47. The van der Waals surface area contributed by atoms with Crippen LogP contribution in [0.3, 0.4) is 0 Å². The van der Waals surface area contributed by atoms with Crippen molar-refractivity contribution in [3.8, 4) is 0 Å². The maximum Gasteiger partial charge on any atom is 0.472 e. The smallest absolute Gasteiger partial charge is 0.462 e. The summed E-state index contributed by atoms with van der Waals surface area (Å²) in [6, 6.07) is 0. The zero-order valence-corrected chi connectivity index (χ0v) is 65.2. The summed E-state index contributed by atoms with van der Waals surface area (Å²) < 4.78 is 68.6. The SMILES string of the molecule is CCCCCCCCCCCCCCCCCC(=O)OC[C@H](COP(=O)(O)OC[C@@H](O)COP(=O)(O)OC[C@@H](COC(=O)CCCCCCCCCCCCCC)OC(=O)CCCCCCCCCCCCCC(C)C)OC(=O)CCCCCCCCCCCCCCCC(C)C. The summed E-state index contributed by atoms with van der Waals surface area (Å²) >= 11 is 0. The van der Waals surface area contributed by atoms with Crippen molar-refractivity contribution < 1.29 is 80.2 Å². The van der Waals surface area contributed by atoms with Gasteiger partial charge in [0.15, 0.2) is 12.2 Å². The molecule has 0 spiro atoms. The quantitative estimate of drug-likeness (QED) is 0.0222. The Morgan fingerprint density at radius 1 is 0.278 bits per heavy atom. The summed E-state index contributed by atoms with van der Waals surface area (Å²) in [6.07, 6.45) is 58.1. The molecule has 0 aromatic rings. The van der Waals surface area contributed by atoms with Crippen LogP contribution in [0.25, 0.3) is 0 Å². The van der Waals surface area contributed by atoms with E-state index in [-0.39, 0.29) is 25.7 Å². The Kier molecular flexibility index (Phi) is 68.4. The first-order chi connectivity index (χ1) is 46.9. The number of carbonyl (C=O) groups excluding carboxylic acids is 4. The molecule has 17 nitrogen and oxygen atoms in total. The Hall–Kier alpha value is -1.94. The number of aliphatic hydroxyl groups is 1. The van der Waals surface area contributed by atoms with Crippen molar-refractivity contribution in [3.05, 3.63) is 0 Å². The first kappa shape index (κ1) is 95.1. The average molecular weight is 1420 g/mol. The third kappa shape index (κ3) is 72.2. The number of esters is 4. The lowest BCUT2D eigenvalue weighted by Gasteiger charge is -2.21. The van der Waals surface area contributed by atoms with Gasteiger partial charge in [-0.15, -0.1) is 0 Å². The van der Waals surface area contributed by atoms with E-state index < -0.39 is 97.5 Å². The Labute approximate surface area is 594 Å². The molecule has 0 fully saturated rings. The zero-order valence-electron chi connectivity index (χ0n) is 63.4. The molecule has 0 aromatic heterocycles. The molecule has 0 saturated carbocycles. The van der Waals surface area contributed by atoms with Gasteiger partial charge in [0.1, 0.15) is 19.3 Å². The fourth-order valence-electron chi connectivity index (χ4n) is 12.0. The van der Waals surface area contributed by atoms with Gasteiger partial charge in [-0.1, -0.05) is 356 Å². The lowest BCUT2D eigenvalue weighted by Crippen LogP contribution is -2.30. The topological polar surface area (TPSA) is 237 Å². The highest BCUT2D eigenvalue weighted by atomic mass is 31.2. The molecular weight excluding hydrogens is 1270 g/mol. The van der Waals surface area contributed by atoms with Gasteiger partial charge in [-0.25, -0.2) is 9.13 Å². The minimum absolute atomic E-state index is 0.107. The van der Waals surface area contributed by atoms with Crippen LogP contribution in [-0.2, 0) is 65.4 Å². The molecule has 0 radical (unpaired) electrons. The molecular formula is C78H152O17P2. The predicted molar refractivity (Wildman–Crippen MR) is 395 cm³/mol. The van der Waals surface area contributed by atoms with Crippen LogP contribution in [0.5, 0.6) is 0 Å². The van der Waals surface area contributed by atoms with Crippen molar-refractivity contribution in [2.24, 2.45) is 11.8 Å². The van der Waals surface area contributed by atoms with Crippen molar-refractivity contribution in [3.63, 3.8) is 0 Å². The van der Waals surface area contributed by atoms with E-state index >= 15 is 0 Å². The third-order valence-corrected chi connectivity index (χ3v) is 20.1. The number of carbonyl (C=O) groups is 4. The highest BCUT2D eigenvalue weighted by Crippen LogP contribution is 2.45. The van der Waals surface area contributed by atoms with Gasteiger partial charge in [-0.05, 0) is 37.5 Å². The highest BCUT2D eigenvalue weighted by molar-refractivity contribution is 7.47. The number of hydrogen-bond donors (Lipinski definition) is 3. The van der Waals surface area contributed by atoms with Gasteiger partial charge < -0.3 is 33.8 Å². The van der Waals surface area contributed by atoms with Crippen molar-refractivity contribution in [1.29, 1.82) is 0 Å². The average Bonchev–Trinajstić information content (AvgIpc) is 0.996. The van der Waals surface area contributed by atoms with Crippen molar-refractivity contribution in [1.82, 2.24) is 0 Å². The maximum absolute atomic E-state index is 13.1. The molecule has 0 bridgehead atoms.